The van der Waals surface area contributed by atoms with Crippen LogP contribution in [0.4, 0.5) is 0 Å². The van der Waals surface area contributed by atoms with Crippen molar-refractivity contribution in [1.29, 1.82) is 0 Å². The summed E-state index contributed by atoms with van der Waals surface area (Å²) in [4.78, 5) is 28.0. The van der Waals surface area contributed by atoms with Gasteiger partial charge in [-0.3, -0.25) is 4.79 Å². The van der Waals surface area contributed by atoms with Gasteiger partial charge in [-0.05, 0) is 18.2 Å². The third-order valence-electron chi connectivity index (χ3n) is 3.00. The summed E-state index contributed by atoms with van der Waals surface area (Å²) in [5, 5.41) is 0. The van der Waals surface area contributed by atoms with Gasteiger partial charge < -0.3 is 4.74 Å². The van der Waals surface area contributed by atoms with Crippen LogP contribution in [0.2, 0.25) is 0 Å². The highest BCUT2D eigenvalue weighted by molar-refractivity contribution is 7.16. The number of hydrogen-bond acceptors (Lipinski definition) is 5. The average Bonchev–Trinajstić information content (AvgIpc) is 3.00. The van der Waals surface area contributed by atoms with Gasteiger partial charge in [-0.2, -0.15) is 0 Å². The van der Waals surface area contributed by atoms with Crippen LogP contribution >= 0.6 is 11.3 Å². The van der Waals surface area contributed by atoms with Gasteiger partial charge in [0.1, 0.15) is 0 Å². The molecule has 0 aliphatic heterocycles. The van der Waals surface area contributed by atoms with Gasteiger partial charge in [0.05, 0.1) is 21.3 Å². The second-order valence-electron chi connectivity index (χ2n) is 4.40. The van der Waals surface area contributed by atoms with Crippen LogP contribution in [0.15, 0.2) is 54.0 Å². The van der Waals surface area contributed by atoms with Crippen molar-refractivity contribution >= 4 is 33.3 Å². The van der Waals surface area contributed by atoms with Crippen LogP contribution in [-0.4, -0.2) is 23.3 Å². The first-order chi connectivity index (χ1) is 10.2. The number of fused-ring (bicyclic) bond motifs is 1. The number of nitrogens with zero attached hydrogens (tertiary/aromatic N) is 1. The van der Waals surface area contributed by atoms with Crippen LogP contribution in [0, 0.1) is 0 Å². The highest BCUT2D eigenvalue weighted by Gasteiger charge is 2.12. The minimum atomic E-state index is -0.505. The molecule has 0 fully saturated rings. The molecule has 0 spiro atoms. The predicted octanol–water partition coefficient (Wildman–Crippen LogP) is 3.34. The van der Waals surface area contributed by atoms with E-state index in [0.717, 1.165) is 10.2 Å². The van der Waals surface area contributed by atoms with Crippen molar-refractivity contribution in [2.24, 2.45) is 0 Å². The van der Waals surface area contributed by atoms with Crippen molar-refractivity contribution in [1.82, 2.24) is 4.98 Å². The van der Waals surface area contributed by atoms with Crippen LogP contribution in [0.25, 0.3) is 10.2 Å². The van der Waals surface area contributed by atoms with Crippen molar-refractivity contribution in [3.05, 3.63) is 65.2 Å². The Morgan fingerprint density at radius 1 is 1.05 bits per heavy atom. The van der Waals surface area contributed by atoms with Crippen LogP contribution in [0.1, 0.15) is 20.7 Å². The maximum atomic E-state index is 12.0. The fourth-order valence-electron chi connectivity index (χ4n) is 1.90. The second kappa shape index (κ2) is 5.85. The highest BCUT2D eigenvalue weighted by atomic mass is 32.1. The lowest BCUT2D eigenvalue weighted by molar-refractivity contribution is 0.0475. The number of carbonyl (C=O) groups is 2. The number of ketones is 1. The standard InChI is InChI=1S/C16H11NO3S/c18-14(11-4-2-1-3-5-11)9-20-16(19)12-6-7-13-15(8-12)21-10-17-13/h1-8,10H,9H2. The Kier molecular flexibility index (Phi) is 3.75. The second-order valence-corrected chi connectivity index (χ2v) is 5.29. The van der Waals surface area contributed by atoms with E-state index in [1.165, 1.54) is 11.3 Å². The molecule has 0 saturated heterocycles. The van der Waals surface area contributed by atoms with E-state index < -0.39 is 5.97 Å². The molecule has 0 radical (unpaired) electrons. The molecular weight excluding hydrogens is 286 g/mol. The maximum absolute atomic E-state index is 12.0. The van der Waals surface area contributed by atoms with Crippen LogP contribution < -0.4 is 0 Å². The van der Waals surface area contributed by atoms with Gasteiger partial charge in [-0.15, -0.1) is 11.3 Å². The molecule has 0 unspecified atom stereocenters. The first kappa shape index (κ1) is 13.5. The summed E-state index contributed by atoms with van der Waals surface area (Å²) in [6.07, 6.45) is 0. The fraction of sp³-hybridized carbons (Fsp3) is 0.0625. The van der Waals surface area contributed by atoms with Crippen LogP contribution in [-0.2, 0) is 4.74 Å². The zero-order chi connectivity index (χ0) is 14.7. The number of benzene rings is 2. The summed E-state index contributed by atoms with van der Waals surface area (Å²) in [6, 6.07) is 13.9. The quantitative estimate of drug-likeness (QED) is 0.547. The third kappa shape index (κ3) is 2.98. The lowest BCUT2D eigenvalue weighted by Gasteiger charge is -2.04. The Labute approximate surface area is 125 Å². The van der Waals surface area contributed by atoms with E-state index in [-0.39, 0.29) is 12.4 Å². The molecule has 3 rings (SSSR count). The van der Waals surface area contributed by atoms with Crippen molar-refractivity contribution in [3.8, 4) is 0 Å². The summed E-state index contributed by atoms with van der Waals surface area (Å²) >= 11 is 1.45. The molecular formula is C16H11NO3S. The van der Waals surface area contributed by atoms with Gasteiger partial charge in [-0.25, -0.2) is 9.78 Å². The molecule has 1 aromatic heterocycles. The Morgan fingerprint density at radius 2 is 1.86 bits per heavy atom. The Balaban J connectivity index is 1.67. The molecule has 21 heavy (non-hydrogen) atoms. The molecule has 0 N–H and O–H groups in total. The first-order valence-corrected chi connectivity index (χ1v) is 7.20. The molecule has 2 aromatic carbocycles. The van der Waals surface area contributed by atoms with Crippen LogP contribution in [0.3, 0.4) is 0 Å². The van der Waals surface area contributed by atoms with Crippen molar-refractivity contribution in [2.45, 2.75) is 0 Å². The molecule has 0 aliphatic carbocycles. The molecule has 3 aromatic rings. The third-order valence-corrected chi connectivity index (χ3v) is 3.79. The van der Waals surface area contributed by atoms with E-state index in [4.69, 9.17) is 4.74 Å². The van der Waals surface area contributed by atoms with Crippen LogP contribution in [0.5, 0.6) is 0 Å². The zero-order valence-corrected chi connectivity index (χ0v) is 11.8. The van der Waals surface area contributed by atoms with Gasteiger partial charge in [0.25, 0.3) is 0 Å². The number of rotatable bonds is 4. The molecule has 5 heteroatoms. The number of aromatic nitrogens is 1. The average molecular weight is 297 g/mol. The normalized spacial score (nSPS) is 10.5. The number of ether oxygens (including phenoxy) is 1. The highest BCUT2D eigenvalue weighted by Crippen LogP contribution is 2.19. The number of hydrogen-bond donors (Lipinski definition) is 0. The first-order valence-electron chi connectivity index (χ1n) is 6.32. The fourth-order valence-corrected chi connectivity index (χ4v) is 2.62. The summed E-state index contributed by atoms with van der Waals surface area (Å²) < 4.78 is 5.98. The minimum absolute atomic E-state index is 0.220. The van der Waals surface area contributed by atoms with Crippen molar-refractivity contribution < 1.29 is 14.3 Å². The number of thiazole rings is 1. The maximum Gasteiger partial charge on any atom is 0.338 e. The van der Waals surface area contributed by atoms with Crippen molar-refractivity contribution in [3.63, 3.8) is 0 Å². The summed E-state index contributed by atoms with van der Waals surface area (Å²) in [5.74, 6) is -0.725. The summed E-state index contributed by atoms with van der Waals surface area (Å²) in [5.41, 5.74) is 3.52. The molecule has 104 valence electrons. The largest absolute Gasteiger partial charge is 0.454 e. The molecule has 1 heterocycles. The number of esters is 1. The van der Waals surface area contributed by atoms with Gasteiger partial charge >= 0.3 is 5.97 Å². The van der Waals surface area contributed by atoms with E-state index in [0.29, 0.717) is 11.1 Å². The predicted molar refractivity (Wildman–Crippen MR) is 80.7 cm³/mol. The molecule has 0 atom stereocenters. The van der Waals surface area contributed by atoms with E-state index in [2.05, 4.69) is 4.98 Å². The molecule has 0 aliphatic rings. The zero-order valence-electron chi connectivity index (χ0n) is 11.0. The minimum Gasteiger partial charge on any atom is -0.454 e. The number of Topliss-reactive ketones (excluding diaryl/α,β-unsaturated/α-hetero) is 1. The summed E-state index contributed by atoms with van der Waals surface area (Å²) in [7, 11) is 0. The van der Waals surface area contributed by atoms with Crippen molar-refractivity contribution in [2.75, 3.05) is 6.61 Å². The Bertz CT molecular complexity index is 795. The van der Waals surface area contributed by atoms with Gasteiger partial charge in [-0.1, -0.05) is 30.3 Å². The molecule has 4 nitrogen and oxygen atoms in total. The number of carbonyl (C=O) groups excluding carboxylic acids is 2. The molecule has 0 bridgehead atoms. The van der Waals surface area contributed by atoms with E-state index in [1.807, 2.05) is 6.07 Å². The topological polar surface area (TPSA) is 56.3 Å². The SMILES string of the molecule is O=C(COC(=O)c1ccc2ncsc2c1)c1ccccc1. The Hall–Kier alpha value is -2.53. The van der Waals surface area contributed by atoms with Gasteiger partial charge in [0.15, 0.2) is 12.4 Å². The lowest BCUT2D eigenvalue weighted by atomic mass is 10.1. The molecule has 0 saturated carbocycles. The van der Waals surface area contributed by atoms with E-state index >= 15 is 0 Å². The van der Waals surface area contributed by atoms with Gasteiger partial charge in [0.2, 0.25) is 0 Å². The molecule has 0 amide bonds. The Morgan fingerprint density at radius 3 is 2.67 bits per heavy atom. The van der Waals surface area contributed by atoms with E-state index in [9.17, 15) is 9.59 Å². The lowest BCUT2D eigenvalue weighted by Crippen LogP contribution is -2.14. The summed E-state index contributed by atoms with van der Waals surface area (Å²) in [6.45, 7) is -0.260. The van der Waals surface area contributed by atoms with Gasteiger partial charge in [0, 0.05) is 5.56 Å². The monoisotopic (exact) mass is 297 g/mol. The van der Waals surface area contributed by atoms with E-state index in [1.54, 1.807) is 48.0 Å². The smallest absolute Gasteiger partial charge is 0.338 e.